The third-order valence-corrected chi connectivity index (χ3v) is 5.37. The van der Waals surface area contributed by atoms with E-state index in [1.165, 1.54) is 32.9 Å². The molecule has 1 unspecified atom stereocenters. The molecule has 1 aromatic carbocycles. The van der Waals surface area contributed by atoms with Crippen molar-refractivity contribution < 1.29 is 0 Å². The summed E-state index contributed by atoms with van der Waals surface area (Å²) in [4.78, 5) is 2.95. The molecule has 0 bridgehead atoms. The van der Waals surface area contributed by atoms with Crippen molar-refractivity contribution in [2.45, 2.75) is 53.0 Å². The van der Waals surface area contributed by atoms with Crippen LogP contribution in [0.2, 0.25) is 0 Å². The van der Waals surface area contributed by atoms with Crippen LogP contribution in [-0.2, 0) is 12.8 Å². The molecule has 1 atom stereocenters. The van der Waals surface area contributed by atoms with Crippen LogP contribution in [0.25, 0.3) is 0 Å². The minimum absolute atomic E-state index is 0.442. The first-order valence-electron chi connectivity index (χ1n) is 8.02. The van der Waals surface area contributed by atoms with Crippen LogP contribution < -0.4 is 5.32 Å². The summed E-state index contributed by atoms with van der Waals surface area (Å²) in [5.41, 5.74) is 4.20. The summed E-state index contributed by atoms with van der Waals surface area (Å²) in [5, 5.41) is 3.72. The van der Waals surface area contributed by atoms with Crippen molar-refractivity contribution in [1.82, 2.24) is 5.32 Å². The van der Waals surface area contributed by atoms with E-state index < -0.39 is 0 Å². The lowest BCUT2D eigenvalue weighted by molar-refractivity contribution is 0.536. The molecule has 0 spiro atoms. The van der Waals surface area contributed by atoms with E-state index in [0.717, 1.165) is 19.4 Å². The predicted molar refractivity (Wildman–Crippen MR) is 94.4 cm³/mol. The molecular formula is C19H27NS. The zero-order valence-electron chi connectivity index (χ0n) is 13.7. The Morgan fingerprint density at radius 1 is 1.05 bits per heavy atom. The molecule has 0 aliphatic rings. The van der Waals surface area contributed by atoms with E-state index in [0.29, 0.717) is 6.04 Å². The normalized spacial score (nSPS) is 12.6. The lowest BCUT2D eigenvalue weighted by Gasteiger charge is -2.18. The van der Waals surface area contributed by atoms with E-state index in [1.54, 1.807) is 0 Å². The van der Waals surface area contributed by atoms with Crippen LogP contribution in [0.5, 0.6) is 0 Å². The van der Waals surface area contributed by atoms with Crippen molar-refractivity contribution in [3.05, 3.63) is 56.8 Å². The first-order chi connectivity index (χ1) is 10.1. The smallest absolute Gasteiger partial charge is 0.0455 e. The molecule has 21 heavy (non-hydrogen) atoms. The third-order valence-electron chi connectivity index (χ3n) is 4.03. The Kier molecular flexibility index (Phi) is 6.01. The van der Waals surface area contributed by atoms with Crippen LogP contribution >= 0.6 is 11.3 Å². The highest BCUT2D eigenvalue weighted by molar-refractivity contribution is 7.12. The topological polar surface area (TPSA) is 12.0 Å². The van der Waals surface area contributed by atoms with Crippen molar-refractivity contribution in [2.75, 3.05) is 6.54 Å². The zero-order chi connectivity index (χ0) is 15.2. The highest BCUT2D eigenvalue weighted by Gasteiger charge is 2.14. The fourth-order valence-corrected chi connectivity index (χ4v) is 3.56. The van der Waals surface area contributed by atoms with Crippen LogP contribution in [0.3, 0.4) is 0 Å². The number of rotatable bonds is 7. The van der Waals surface area contributed by atoms with Crippen LogP contribution in [0.1, 0.15) is 52.8 Å². The molecule has 1 aromatic heterocycles. The second kappa shape index (κ2) is 7.77. The Balaban J connectivity index is 2.17. The number of thiophene rings is 1. The van der Waals surface area contributed by atoms with Crippen molar-refractivity contribution in [3.8, 4) is 0 Å². The summed E-state index contributed by atoms with van der Waals surface area (Å²) >= 11 is 1.96. The van der Waals surface area contributed by atoms with Crippen molar-refractivity contribution in [3.63, 3.8) is 0 Å². The average Bonchev–Trinajstić information content (AvgIpc) is 2.96. The molecule has 0 saturated carbocycles. The highest BCUT2D eigenvalue weighted by Crippen LogP contribution is 2.27. The van der Waals surface area contributed by atoms with Gasteiger partial charge >= 0.3 is 0 Å². The van der Waals surface area contributed by atoms with Crippen molar-refractivity contribution >= 4 is 11.3 Å². The SMILES string of the molecule is CCCNC(Cc1ccc(C)c(C)c1)c1ccc(CC)s1. The second-order valence-electron chi connectivity index (χ2n) is 5.79. The molecule has 0 radical (unpaired) electrons. The van der Waals surface area contributed by atoms with Gasteiger partial charge in [-0.2, -0.15) is 0 Å². The van der Waals surface area contributed by atoms with Gasteiger partial charge in [0.1, 0.15) is 0 Å². The average molecular weight is 301 g/mol. The number of hydrogen-bond acceptors (Lipinski definition) is 2. The molecule has 1 N–H and O–H groups in total. The first-order valence-corrected chi connectivity index (χ1v) is 8.83. The number of hydrogen-bond donors (Lipinski definition) is 1. The monoisotopic (exact) mass is 301 g/mol. The Hall–Kier alpha value is -1.12. The minimum atomic E-state index is 0.442. The molecule has 0 fully saturated rings. The molecule has 2 heteroatoms. The Morgan fingerprint density at radius 3 is 2.48 bits per heavy atom. The van der Waals surface area contributed by atoms with Crippen LogP contribution in [0, 0.1) is 13.8 Å². The predicted octanol–water partition coefficient (Wildman–Crippen LogP) is 5.21. The van der Waals surface area contributed by atoms with Gasteiger partial charge in [0, 0.05) is 15.8 Å². The van der Waals surface area contributed by atoms with Gasteiger partial charge in [-0.05, 0) is 68.5 Å². The molecule has 114 valence electrons. The number of nitrogens with one attached hydrogen (secondary N) is 1. The lowest BCUT2D eigenvalue weighted by atomic mass is 10.00. The van der Waals surface area contributed by atoms with E-state index in [4.69, 9.17) is 0 Å². The van der Waals surface area contributed by atoms with E-state index >= 15 is 0 Å². The largest absolute Gasteiger partial charge is 0.309 e. The molecule has 2 rings (SSSR count). The van der Waals surface area contributed by atoms with Gasteiger partial charge in [-0.25, -0.2) is 0 Å². The van der Waals surface area contributed by atoms with Crippen molar-refractivity contribution in [1.29, 1.82) is 0 Å². The van der Waals surface area contributed by atoms with Gasteiger partial charge in [0.25, 0.3) is 0 Å². The standard InChI is InChI=1S/C19H27NS/c1-5-11-20-18(19-10-9-17(6-2)21-19)13-16-8-7-14(3)15(4)12-16/h7-10,12,18,20H,5-6,11,13H2,1-4H3. The summed E-state index contributed by atoms with van der Waals surface area (Å²) < 4.78 is 0. The van der Waals surface area contributed by atoms with Crippen molar-refractivity contribution in [2.24, 2.45) is 0 Å². The third kappa shape index (κ3) is 4.42. The van der Waals surface area contributed by atoms with Crippen LogP contribution in [0.15, 0.2) is 30.3 Å². The molecule has 2 aromatic rings. The summed E-state index contributed by atoms with van der Waals surface area (Å²) in [6.07, 6.45) is 3.38. The van der Waals surface area contributed by atoms with E-state index in [-0.39, 0.29) is 0 Å². The summed E-state index contributed by atoms with van der Waals surface area (Å²) in [7, 11) is 0. The molecule has 0 aliphatic carbocycles. The maximum absolute atomic E-state index is 3.72. The number of aryl methyl sites for hydroxylation is 3. The molecule has 1 nitrogen and oxygen atoms in total. The van der Waals surface area contributed by atoms with Gasteiger partial charge in [-0.15, -0.1) is 11.3 Å². The summed E-state index contributed by atoms with van der Waals surface area (Å²) in [6, 6.07) is 11.9. The minimum Gasteiger partial charge on any atom is -0.309 e. The van der Waals surface area contributed by atoms with E-state index in [2.05, 4.69) is 63.3 Å². The molecule has 0 aliphatic heterocycles. The van der Waals surface area contributed by atoms with Gasteiger partial charge in [0.15, 0.2) is 0 Å². The molecule has 1 heterocycles. The fraction of sp³-hybridized carbons (Fsp3) is 0.474. The fourth-order valence-electron chi connectivity index (χ4n) is 2.53. The van der Waals surface area contributed by atoms with Gasteiger partial charge in [-0.1, -0.05) is 32.0 Å². The van der Waals surface area contributed by atoms with Gasteiger partial charge in [-0.3, -0.25) is 0 Å². The van der Waals surface area contributed by atoms with Gasteiger partial charge in [0.2, 0.25) is 0 Å². The number of benzene rings is 1. The van der Waals surface area contributed by atoms with Gasteiger partial charge in [0.05, 0.1) is 0 Å². The molecular weight excluding hydrogens is 274 g/mol. The maximum atomic E-state index is 3.72. The Morgan fingerprint density at radius 2 is 1.86 bits per heavy atom. The summed E-state index contributed by atoms with van der Waals surface area (Å²) in [5.74, 6) is 0. The quantitative estimate of drug-likeness (QED) is 0.740. The first kappa shape index (κ1) is 16.3. The van der Waals surface area contributed by atoms with Crippen LogP contribution in [-0.4, -0.2) is 6.54 Å². The zero-order valence-corrected chi connectivity index (χ0v) is 14.5. The highest BCUT2D eigenvalue weighted by atomic mass is 32.1. The lowest BCUT2D eigenvalue weighted by Crippen LogP contribution is -2.23. The molecule has 0 saturated heterocycles. The Bertz CT molecular complexity index is 571. The van der Waals surface area contributed by atoms with E-state index in [1.807, 2.05) is 11.3 Å². The Labute approximate surface area is 133 Å². The van der Waals surface area contributed by atoms with E-state index in [9.17, 15) is 0 Å². The van der Waals surface area contributed by atoms with Crippen LogP contribution in [0.4, 0.5) is 0 Å². The second-order valence-corrected chi connectivity index (χ2v) is 6.99. The molecule has 0 amide bonds. The van der Waals surface area contributed by atoms with Gasteiger partial charge < -0.3 is 5.32 Å². The maximum Gasteiger partial charge on any atom is 0.0455 e. The summed E-state index contributed by atoms with van der Waals surface area (Å²) in [6.45, 7) is 9.92.